The molecule has 1 N–H and O–H groups in total. The zero-order chi connectivity index (χ0) is 13.1. The normalized spacial score (nSPS) is 11.2. The SMILES string of the molecule is CSCC(=O)NS(=O)(=O)c1ccc(C)c(C)c1. The smallest absolute Gasteiger partial charge is 0.264 e. The van der Waals surface area contributed by atoms with Crippen molar-refractivity contribution in [3.63, 3.8) is 0 Å². The van der Waals surface area contributed by atoms with Crippen LogP contribution in [0.15, 0.2) is 23.1 Å². The third kappa shape index (κ3) is 3.74. The molecule has 0 heterocycles. The summed E-state index contributed by atoms with van der Waals surface area (Å²) in [5.74, 6) is -0.375. The summed E-state index contributed by atoms with van der Waals surface area (Å²) in [4.78, 5) is 11.4. The van der Waals surface area contributed by atoms with Gasteiger partial charge in [0.2, 0.25) is 5.91 Å². The van der Waals surface area contributed by atoms with Gasteiger partial charge >= 0.3 is 0 Å². The van der Waals surface area contributed by atoms with Crippen LogP contribution in [0.25, 0.3) is 0 Å². The molecule has 6 heteroatoms. The molecule has 1 aromatic carbocycles. The summed E-state index contributed by atoms with van der Waals surface area (Å²) in [5, 5.41) is 0. The molecule has 0 saturated heterocycles. The first-order valence-electron chi connectivity index (χ1n) is 4.98. The maximum Gasteiger partial charge on any atom is 0.264 e. The molecule has 0 aromatic heterocycles. The number of aryl methyl sites for hydroxylation is 2. The van der Waals surface area contributed by atoms with E-state index < -0.39 is 15.9 Å². The standard InChI is InChI=1S/C11H15NO3S2/c1-8-4-5-10(6-9(8)2)17(14,15)12-11(13)7-16-3/h4-6H,7H2,1-3H3,(H,12,13). The van der Waals surface area contributed by atoms with Gasteiger partial charge in [0.15, 0.2) is 0 Å². The topological polar surface area (TPSA) is 63.2 Å². The fourth-order valence-corrected chi connectivity index (χ4v) is 2.75. The highest BCUT2D eigenvalue weighted by Gasteiger charge is 2.17. The molecule has 0 aliphatic heterocycles. The molecule has 0 aliphatic rings. The number of sulfonamides is 1. The largest absolute Gasteiger partial charge is 0.273 e. The van der Waals surface area contributed by atoms with Crippen LogP contribution in [0.1, 0.15) is 11.1 Å². The van der Waals surface area contributed by atoms with Crippen molar-refractivity contribution in [2.45, 2.75) is 18.7 Å². The van der Waals surface area contributed by atoms with Gasteiger partial charge in [-0.25, -0.2) is 13.1 Å². The first kappa shape index (κ1) is 14.1. The van der Waals surface area contributed by atoms with E-state index in [4.69, 9.17) is 0 Å². The Hall–Kier alpha value is -1.01. The monoisotopic (exact) mass is 273 g/mol. The molecule has 0 atom stereocenters. The highest BCUT2D eigenvalue weighted by Crippen LogP contribution is 2.14. The van der Waals surface area contributed by atoms with Gasteiger partial charge in [-0.15, -0.1) is 0 Å². The number of rotatable bonds is 4. The molecule has 1 aromatic rings. The molecule has 17 heavy (non-hydrogen) atoms. The lowest BCUT2D eigenvalue weighted by molar-refractivity contribution is -0.116. The Morgan fingerprint density at radius 2 is 1.94 bits per heavy atom. The summed E-state index contributed by atoms with van der Waals surface area (Å²) in [6, 6.07) is 4.78. The number of nitrogens with one attached hydrogen (secondary N) is 1. The van der Waals surface area contributed by atoms with Crippen molar-refractivity contribution < 1.29 is 13.2 Å². The average molecular weight is 273 g/mol. The lowest BCUT2D eigenvalue weighted by atomic mass is 10.1. The van der Waals surface area contributed by atoms with Crippen LogP contribution in [0.5, 0.6) is 0 Å². The van der Waals surface area contributed by atoms with E-state index in [-0.39, 0.29) is 10.6 Å². The van der Waals surface area contributed by atoms with Crippen LogP contribution in [-0.4, -0.2) is 26.3 Å². The molecule has 1 amide bonds. The minimum Gasteiger partial charge on any atom is -0.273 e. The van der Waals surface area contributed by atoms with Crippen molar-refractivity contribution in [1.82, 2.24) is 4.72 Å². The molecule has 1 rings (SSSR count). The summed E-state index contributed by atoms with van der Waals surface area (Å²) < 4.78 is 25.7. The van der Waals surface area contributed by atoms with Gasteiger partial charge in [-0.3, -0.25) is 4.79 Å². The van der Waals surface area contributed by atoms with Crippen LogP contribution in [0.2, 0.25) is 0 Å². The summed E-state index contributed by atoms with van der Waals surface area (Å²) in [6.07, 6.45) is 1.74. The Kier molecular flexibility index (Phi) is 4.59. The van der Waals surface area contributed by atoms with E-state index in [1.807, 2.05) is 18.6 Å². The maximum atomic E-state index is 11.8. The fraction of sp³-hybridized carbons (Fsp3) is 0.364. The van der Waals surface area contributed by atoms with E-state index in [9.17, 15) is 13.2 Å². The first-order valence-corrected chi connectivity index (χ1v) is 7.86. The second kappa shape index (κ2) is 5.55. The summed E-state index contributed by atoms with van der Waals surface area (Å²) in [5.41, 5.74) is 1.89. The van der Waals surface area contributed by atoms with Crippen LogP contribution in [0, 0.1) is 13.8 Å². The van der Waals surface area contributed by atoms with Crippen LogP contribution < -0.4 is 4.72 Å². The first-order chi connectivity index (χ1) is 7.86. The van der Waals surface area contributed by atoms with E-state index >= 15 is 0 Å². The van der Waals surface area contributed by atoms with Crippen molar-refractivity contribution in [2.24, 2.45) is 0 Å². The van der Waals surface area contributed by atoms with Crippen LogP contribution >= 0.6 is 11.8 Å². The third-order valence-corrected chi connectivity index (χ3v) is 4.23. The third-order valence-electron chi connectivity index (χ3n) is 2.31. The van der Waals surface area contributed by atoms with Gasteiger partial charge in [0.25, 0.3) is 10.0 Å². The number of carbonyl (C=O) groups excluding carboxylic acids is 1. The average Bonchev–Trinajstić information content (AvgIpc) is 2.21. The Bertz CT molecular complexity index is 524. The van der Waals surface area contributed by atoms with Crippen LogP contribution in [0.3, 0.4) is 0 Å². The highest BCUT2D eigenvalue weighted by atomic mass is 32.2. The number of amides is 1. The van der Waals surface area contributed by atoms with Crippen molar-refractivity contribution in [3.05, 3.63) is 29.3 Å². The minimum absolute atomic E-state index is 0.120. The lowest BCUT2D eigenvalue weighted by Gasteiger charge is -2.08. The van der Waals surface area contributed by atoms with Crippen LogP contribution in [0.4, 0.5) is 0 Å². The Morgan fingerprint density at radius 3 is 2.47 bits per heavy atom. The zero-order valence-corrected chi connectivity index (χ0v) is 11.6. The molecule has 0 saturated carbocycles. The molecular weight excluding hydrogens is 258 g/mol. The lowest BCUT2D eigenvalue weighted by Crippen LogP contribution is -2.31. The fourth-order valence-electron chi connectivity index (χ4n) is 1.25. The molecule has 0 spiro atoms. The molecule has 4 nitrogen and oxygen atoms in total. The second-order valence-corrected chi connectivity index (χ2v) is 6.26. The van der Waals surface area contributed by atoms with Gasteiger partial charge < -0.3 is 0 Å². The van der Waals surface area contributed by atoms with Gasteiger partial charge in [0.1, 0.15) is 0 Å². The number of hydrogen-bond acceptors (Lipinski definition) is 4. The summed E-state index contributed by atoms with van der Waals surface area (Å²) in [6.45, 7) is 3.73. The Labute approximate surface area is 106 Å². The van der Waals surface area contributed by atoms with Gasteiger partial charge in [-0.1, -0.05) is 6.07 Å². The quantitative estimate of drug-likeness (QED) is 0.902. The number of hydrogen-bond donors (Lipinski definition) is 1. The molecule has 0 bridgehead atoms. The molecule has 94 valence electrons. The molecular formula is C11H15NO3S2. The number of carbonyl (C=O) groups is 1. The highest BCUT2D eigenvalue weighted by molar-refractivity contribution is 7.99. The van der Waals surface area contributed by atoms with Gasteiger partial charge in [-0.2, -0.15) is 11.8 Å². The predicted octanol–water partition coefficient (Wildman–Crippen LogP) is 1.47. The van der Waals surface area contributed by atoms with Gasteiger partial charge in [-0.05, 0) is 43.4 Å². The predicted molar refractivity (Wildman–Crippen MR) is 69.6 cm³/mol. The molecule has 0 radical (unpaired) electrons. The number of benzene rings is 1. The molecule has 0 unspecified atom stereocenters. The van der Waals surface area contributed by atoms with Crippen molar-refractivity contribution >= 4 is 27.7 Å². The summed E-state index contributed by atoms with van der Waals surface area (Å²) >= 11 is 1.27. The Balaban J connectivity index is 2.97. The minimum atomic E-state index is -3.73. The van der Waals surface area contributed by atoms with Crippen LogP contribution in [-0.2, 0) is 14.8 Å². The van der Waals surface area contributed by atoms with Crippen molar-refractivity contribution in [1.29, 1.82) is 0 Å². The molecule has 0 aliphatic carbocycles. The Morgan fingerprint density at radius 1 is 1.29 bits per heavy atom. The molecule has 0 fully saturated rings. The van der Waals surface area contributed by atoms with Gasteiger partial charge in [0, 0.05) is 0 Å². The van der Waals surface area contributed by atoms with E-state index in [1.165, 1.54) is 17.8 Å². The van der Waals surface area contributed by atoms with E-state index in [1.54, 1.807) is 18.4 Å². The zero-order valence-electron chi connectivity index (χ0n) is 9.98. The van der Waals surface area contributed by atoms with Gasteiger partial charge in [0.05, 0.1) is 10.6 Å². The van der Waals surface area contributed by atoms with E-state index in [2.05, 4.69) is 0 Å². The van der Waals surface area contributed by atoms with Crippen molar-refractivity contribution in [2.75, 3.05) is 12.0 Å². The van der Waals surface area contributed by atoms with Crippen molar-refractivity contribution in [3.8, 4) is 0 Å². The second-order valence-electron chi connectivity index (χ2n) is 3.71. The van der Waals surface area contributed by atoms with E-state index in [0.717, 1.165) is 11.1 Å². The number of thioether (sulfide) groups is 1. The maximum absolute atomic E-state index is 11.8. The summed E-state index contributed by atoms with van der Waals surface area (Å²) in [7, 11) is -3.73. The van der Waals surface area contributed by atoms with E-state index in [0.29, 0.717) is 0 Å².